The third-order valence-electron chi connectivity index (χ3n) is 3.36. The fourth-order valence-corrected chi connectivity index (χ4v) is 2.80. The Labute approximate surface area is 107 Å². The first-order valence-corrected chi connectivity index (χ1v) is 6.42. The Balaban J connectivity index is 1.84. The van der Waals surface area contributed by atoms with Gasteiger partial charge in [-0.1, -0.05) is 42.6 Å². The summed E-state index contributed by atoms with van der Waals surface area (Å²) in [4.78, 5) is 3.24. The normalized spacial score (nSPS) is 18.8. The van der Waals surface area contributed by atoms with E-state index in [4.69, 9.17) is 17.0 Å². The largest absolute Gasteiger partial charge is 0.378 e. The van der Waals surface area contributed by atoms with Crippen molar-refractivity contribution in [2.45, 2.75) is 6.42 Å². The molecule has 17 heavy (non-hydrogen) atoms. The van der Waals surface area contributed by atoms with Gasteiger partial charge in [0.15, 0.2) is 0 Å². The van der Waals surface area contributed by atoms with Crippen LogP contribution in [-0.4, -0.2) is 36.2 Å². The minimum atomic E-state index is 0.787. The smallest absolute Gasteiger partial charge is 0.109 e. The lowest BCUT2D eigenvalue weighted by Crippen LogP contribution is -2.40. The number of rotatable bonds is 1. The van der Waals surface area contributed by atoms with Crippen LogP contribution in [0, 0.1) is 0 Å². The maximum absolute atomic E-state index is 5.61. The summed E-state index contributed by atoms with van der Waals surface area (Å²) in [5.74, 6) is 0. The topological polar surface area (TPSA) is 12.5 Å². The van der Waals surface area contributed by atoms with E-state index in [-0.39, 0.29) is 0 Å². The summed E-state index contributed by atoms with van der Waals surface area (Å²) in [5, 5.41) is 0. The van der Waals surface area contributed by atoms with Crippen LogP contribution in [0.4, 0.5) is 0 Å². The number of fused-ring (bicyclic) bond motifs is 1. The van der Waals surface area contributed by atoms with Crippen molar-refractivity contribution in [3.05, 3.63) is 41.5 Å². The van der Waals surface area contributed by atoms with E-state index in [9.17, 15) is 0 Å². The molecule has 1 fully saturated rings. The predicted octanol–water partition coefficient (Wildman–Crippen LogP) is 2.29. The van der Waals surface area contributed by atoms with Crippen molar-refractivity contribution in [3.63, 3.8) is 0 Å². The second kappa shape index (κ2) is 4.59. The number of hydrogen-bond acceptors (Lipinski definition) is 2. The summed E-state index contributed by atoms with van der Waals surface area (Å²) >= 11 is 5.61. The molecule has 2 aliphatic rings. The van der Waals surface area contributed by atoms with Gasteiger partial charge in [0.25, 0.3) is 0 Å². The van der Waals surface area contributed by atoms with E-state index in [1.165, 1.54) is 16.7 Å². The van der Waals surface area contributed by atoms with Crippen LogP contribution in [0.25, 0.3) is 5.57 Å². The Morgan fingerprint density at radius 1 is 1.18 bits per heavy atom. The van der Waals surface area contributed by atoms with Crippen LogP contribution in [0.5, 0.6) is 0 Å². The lowest BCUT2D eigenvalue weighted by Gasteiger charge is -2.29. The van der Waals surface area contributed by atoms with Crippen molar-refractivity contribution >= 4 is 22.8 Å². The van der Waals surface area contributed by atoms with E-state index in [1.807, 2.05) is 0 Å². The lowest BCUT2D eigenvalue weighted by molar-refractivity contribution is 0.0696. The molecule has 0 N–H and O–H groups in total. The third kappa shape index (κ3) is 2.01. The summed E-state index contributed by atoms with van der Waals surface area (Å²) in [6, 6.07) is 8.52. The van der Waals surface area contributed by atoms with E-state index >= 15 is 0 Å². The van der Waals surface area contributed by atoms with Crippen molar-refractivity contribution in [1.82, 2.24) is 4.90 Å². The van der Waals surface area contributed by atoms with E-state index in [0.717, 1.165) is 37.7 Å². The molecule has 0 atom stereocenters. The van der Waals surface area contributed by atoms with Gasteiger partial charge in [-0.2, -0.15) is 0 Å². The van der Waals surface area contributed by atoms with Crippen LogP contribution in [0.15, 0.2) is 30.3 Å². The number of benzene rings is 1. The molecule has 1 aromatic carbocycles. The SMILES string of the molecule is S=C(C1=CCc2ccccc21)N1CCOCC1. The molecule has 3 heteroatoms. The predicted molar refractivity (Wildman–Crippen MR) is 73.1 cm³/mol. The molecule has 0 saturated carbocycles. The fraction of sp³-hybridized carbons (Fsp3) is 0.357. The second-order valence-electron chi connectivity index (χ2n) is 4.38. The van der Waals surface area contributed by atoms with Gasteiger partial charge in [0.05, 0.1) is 13.2 Å². The highest BCUT2D eigenvalue weighted by molar-refractivity contribution is 7.81. The highest BCUT2D eigenvalue weighted by atomic mass is 32.1. The van der Waals surface area contributed by atoms with Gasteiger partial charge in [-0.15, -0.1) is 0 Å². The first-order valence-electron chi connectivity index (χ1n) is 6.02. The molecule has 0 radical (unpaired) electrons. The van der Waals surface area contributed by atoms with Crippen LogP contribution in [0.1, 0.15) is 11.1 Å². The van der Waals surface area contributed by atoms with Gasteiger partial charge in [-0.3, -0.25) is 0 Å². The van der Waals surface area contributed by atoms with Crippen LogP contribution in [0.2, 0.25) is 0 Å². The number of thiocarbonyl (C=S) groups is 1. The summed E-state index contributed by atoms with van der Waals surface area (Å²) < 4.78 is 5.36. The molecular formula is C14H15NOS. The maximum Gasteiger partial charge on any atom is 0.109 e. The number of hydrogen-bond donors (Lipinski definition) is 0. The average Bonchev–Trinajstić information content (AvgIpc) is 2.83. The molecule has 0 spiro atoms. The van der Waals surface area contributed by atoms with Gasteiger partial charge in [0.2, 0.25) is 0 Å². The Morgan fingerprint density at radius 2 is 1.94 bits per heavy atom. The zero-order chi connectivity index (χ0) is 11.7. The van der Waals surface area contributed by atoms with E-state index in [2.05, 4.69) is 35.2 Å². The van der Waals surface area contributed by atoms with Gasteiger partial charge >= 0.3 is 0 Å². The van der Waals surface area contributed by atoms with Crippen LogP contribution in [-0.2, 0) is 11.2 Å². The molecule has 0 aromatic heterocycles. The van der Waals surface area contributed by atoms with Crippen molar-refractivity contribution in [2.75, 3.05) is 26.3 Å². The molecule has 1 aliphatic carbocycles. The molecule has 1 saturated heterocycles. The highest BCUT2D eigenvalue weighted by Crippen LogP contribution is 2.29. The minimum Gasteiger partial charge on any atom is -0.378 e. The van der Waals surface area contributed by atoms with Gasteiger partial charge in [0, 0.05) is 18.7 Å². The standard InChI is InChI=1S/C14H15NOS/c17-14(15-7-9-16-10-8-15)13-6-5-11-3-1-2-4-12(11)13/h1-4,6H,5,7-10H2. The van der Waals surface area contributed by atoms with E-state index in [0.29, 0.717) is 0 Å². The Bertz CT molecular complexity index is 475. The molecule has 1 heterocycles. The molecule has 88 valence electrons. The molecule has 3 rings (SSSR count). The zero-order valence-corrected chi connectivity index (χ0v) is 10.5. The summed E-state index contributed by atoms with van der Waals surface area (Å²) in [5.41, 5.74) is 3.93. The first-order chi connectivity index (χ1) is 8.36. The van der Waals surface area contributed by atoms with Crippen molar-refractivity contribution in [2.24, 2.45) is 0 Å². The Morgan fingerprint density at radius 3 is 2.76 bits per heavy atom. The fourth-order valence-electron chi connectivity index (χ4n) is 2.42. The Kier molecular flexibility index (Phi) is 2.95. The van der Waals surface area contributed by atoms with E-state index in [1.54, 1.807) is 0 Å². The molecule has 1 aliphatic heterocycles. The van der Waals surface area contributed by atoms with Gasteiger partial charge in [-0.05, 0) is 17.5 Å². The quantitative estimate of drug-likeness (QED) is 0.704. The van der Waals surface area contributed by atoms with Gasteiger partial charge in [0.1, 0.15) is 4.99 Å². The number of morpholine rings is 1. The number of ether oxygens (including phenoxy) is 1. The van der Waals surface area contributed by atoms with Crippen LogP contribution in [0.3, 0.4) is 0 Å². The van der Waals surface area contributed by atoms with Gasteiger partial charge in [-0.25, -0.2) is 0 Å². The molecule has 2 nitrogen and oxygen atoms in total. The highest BCUT2D eigenvalue weighted by Gasteiger charge is 2.22. The third-order valence-corrected chi connectivity index (χ3v) is 3.84. The average molecular weight is 245 g/mol. The van der Waals surface area contributed by atoms with Crippen molar-refractivity contribution in [1.29, 1.82) is 0 Å². The lowest BCUT2D eigenvalue weighted by atomic mass is 10.1. The molecule has 0 bridgehead atoms. The molecule has 0 unspecified atom stereocenters. The van der Waals surface area contributed by atoms with Crippen molar-refractivity contribution < 1.29 is 4.74 Å². The van der Waals surface area contributed by atoms with Gasteiger partial charge < -0.3 is 9.64 Å². The summed E-state index contributed by atoms with van der Waals surface area (Å²) in [7, 11) is 0. The van der Waals surface area contributed by atoms with E-state index < -0.39 is 0 Å². The number of nitrogens with zero attached hydrogens (tertiary/aromatic N) is 1. The van der Waals surface area contributed by atoms with Crippen molar-refractivity contribution in [3.8, 4) is 0 Å². The number of allylic oxidation sites excluding steroid dienone is 1. The first kappa shape index (κ1) is 10.9. The zero-order valence-electron chi connectivity index (χ0n) is 9.69. The molecular weight excluding hydrogens is 230 g/mol. The minimum absolute atomic E-state index is 0.787. The second-order valence-corrected chi connectivity index (χ2v) is 4.77. The summed E-state index contributed by atoms with van der Waals surface area (Å²) in [6.07, 6.45) is 3.26. The monoisotopic (exact) mass is 245 g/mol. The maximum atomic E-state index is 5.61. The molecule has 0 amide bonds. The van der Waals surface area contributed by atoms with Crippen LogP contribution < -0.4 is 0 Å². The molecule has 1 aromatic rings. The summed E-state index contributed by atoms with van der Waals surface area (Å²) in [6.45, 7) is 3.40. The Hall–Kier alpha value is -1.19. The van der Waals surface area contributed by atoms with Crippen LogP contribution >= 0.6 is 12.2 Å².